The number of aryl methyl sites for hydroxylation is 1. The number of halogens is 3. The zero-order valence-electron chi connectivity index (χ0n) is 20.8. The van der Waals surface area contributed by atoms with E-state index in [9.17, 15) is 18.0 Å². The van der Waals surface area contributed by atoms with E-state index < -0.39 is 17.6 Å². The van der Waals surface area contributed by atoms with Crippen LogP contribution in [0.25, 0.3) is 11.0 Å². The van der Waals surface area contributed by atoms with Crippen molar-refractivity contribution in [1.82, 2.24) is 24.8 Å². The first-order chi connectivity index (χ1) is 18.2. The number of alkyl halides is 3. The Morgan fingerprint density at radius 3 is 2.55 bits per heavy atom. The first kappa shape index (κ1) is 25.3. The van der Waals surface area contributed by atoms with Gasteiger partial charge in [0.15, 0.2) is 5.82 Å². The number of likely N-dealkylation sites (N-methyl/N-ethyl adjacent to an activating group) is 1. The summed E-state index contributed by atoms with van der Waals surface area (Å²) < 4.78 is 39.2. The van der Waals surface area contributed by atoms with Gasteiger partial charge in [0.25, 0.3) is 5.91 Å². The summed E-state index contributed by atoms with van der Waals surface area (Å²) >= 11 is 0. The second-order valence-corrected chi connectivity index (χ2v) is 9.10. The molecular formula is C26H25F3N8O. The van der Waals surface area contributed by atoms with Crippen LogP contribution in [-0.4, -0.2) is 64.0 Å². The third-order valence-corrected chi connectivity index (χ3v) is 6.35. The summed E-state index contributed by atoms with van der Waals surface area (Å²) in [5.74, 6) is 0.419. The number of aromatic nitrogens is 4. The quantitative estimate of drug-likeness (QED) is 0.396. The zero-order valence-corrected chi connectivity index (χ0v) is 20.8. The van der Waals surface area contributed by atoms with E-state index in [0.29, 0.717) is 34.2 Å². The molecule has 2 aromatic heterocycles. The summed E-state index contributed by atoms with van der Waals surface area (Å²) in [6.45, 7) is 5.33. The number of hydrogen-bond donors (Lipinski definition) is 2. The molecule has 0 unspecified atom stereocenters. The van der Waals surface area contributed by atoms with E-state index in [1.54, 1.807) is 24.4 Å². The van der Waals surface area contributed by atoms with Crippen LogP contribution in [0.4, 0.5) is 36.3 Å². The van der Waals surface area contributed by atoms with Gasteiger partial charge < -0.3 is 20.4 Å². The summed E-state index contributed by atoms with van der Waals surface area (Å²) in [5, 5.41) is 5.93. The van der Waals surface area contributed by atoms with Crippen LogP contribution in [0.15, 0.2) is 55.0 Å². The maximum Gasteiger partial charge on any atom is 0.416 e. The Hall–Kier alpha value is -4.32. The SMILES string of the molecule is Cc1ccc(NC(=O)c2cccc(C(F)(F)F)c2)cc1Nc1ncnc2cnc(N3CCN(C)CC3)nc12. The number of anilines is 4. The molecule has 1 aliphatic rings. The fourth-order valence-electron chi connectivity index (χ4n) is 4.10. The average molecular weight is 523 g/mol. The molecule has 9 nitrogen and oxygen atoms in total. The highest BCUT2D eigenvalue weighted by Crippen LogP contribution is 2.30. The summed E-state index contributed by atoms with van der Waals surface area (Å²) in [7, 11) is 2.08. The maximum absolute atomic E-state index is 13.1. The van der Waals surface area contributed by atoms with Gasteiger partial charge in [-0.3, -0.25) is 4.79 Å². The van der Waals surface area contributed by atoms with E-state index >= 15 is 0 Å². The van der Waals surface area contributed by atoms with Crippen LogP contribution in [0, 0.1) is 6.92 Å². The van der Waals surface area contributed by atoms with Crippen LogP contribution in [0.3, 0.4) is 0 Å². The van der Waals surface area contributed by atoms with Crippen LogP contribution < -0.4 is 15.5 Å². The average Bonchev–Trinajstić information content (AvgIpc) is 2.90. The first-order valence-electron chi connectivity index (χ1n) is 11.9. The van der Waals surface area contributed by atoms with Crippen molar-refractivity contribution in [3.8, 4) is 0 Å². The van der Waals surface area contributed by atoms with E-state index in [0.717, 1.165) is 43.9 Å². The normalized spacial score (nSPS) is 14.5. The lowest BCUT2D eigenvalue weighted by Gasteiger charge is -2.32. The van der Waals surface area contributed by atoms with Gasteiger partial charge in [0.2, 0.25) is 5.95 Å². The third kappa shape index (κ3) is 5.49. The second-order valence-electron chi connectivity index (χ2n) is 9.10. The topological polar surface area (TPSA) is 99.2 Å². The largest absolute Gasteiger partial charge is 0.416 e. The fraction of sp³-hybridized carbons (Fsp3) is 0.269. The molecule has 3 heterocycles. The summed E-state index contributed by atoms with van der Waals surface area (Å²) in [5.41, 5.74) is 2.07. The Kier molecular flexibility index (Phi) is 6.81. The summed E-state index contributed by atoms with van der Waals surface area (Å²) in [4.78, 5) is 34.9. The van der Waals surface area contributed by atoms with Crippen molar-refractivity contribution >= 4 is 40.1 Å². The first-order valence-corrected chi connectivity index (χ1v) is 11.9. The van der Waals surface area contributed by atoms with Crippen molar-refractivity contribution < 1.29 is 18.0 Å². The highest BCUT2D eigenvalue weighted by molar-refractivity contribution is 6.04. The Balaban J connectivity index is 1.39. The number of hydrogen-bond acceptors (Lipinski definition) is 8. The predicted octanol–water partition coefficient (Wildman–Crippen LogP) is 4.49. The van der Waals surface area contributed by atoms with E-state index in [4.69, 9.17) is 4.98 Å². The molecule has 0 bridgehead atoms. The lowest BCUT2D eigenvalue weighted by molar-refractivity contribution is -0.137. The molecule has 2 N–H and O–H groups in total. The Morgan fingerprint density at radius 1 is 1.00 bits per heavy atom. The van der Waals surface area contributed by atoms with Gasteiger partial charge in [-0.2, -0.15) is 13.2 Å². The predicted molar refractivity (Wildman–Crippen MR) is 139 cm³/mol. The third-order valence-electron chi connectivity index (χ3n) is 6.35. The molecule has 38 heavy (non-hydrogen) atoms. The highest BCUT2D eigenvalue weighted by Gasteiger charge is 2.31. The number of piperazine rings is 1. The van der Waals surface area contributed by atoms with Gasteiger partial charge in [0, 0.05) is 43.1 Å². The van der Waals surface area contributed by atoms with Gasteiger partial charge >= 0.3 is 6.18 Å². The van der Waals surface area contributed by atoms with E-state index in [1.807, 2.05) is 6.92 Å². The lowest BCUT2D eigenvalue weighted by atomic mass is 10.1. The monoisotopic (exact) mass is 522 g/mol. The van der Waals surface area contributed by atoms with Crippen molar-refractivity contribution in [1.29, 1.82) is 0 Å². The van der Waals surface area contributed by atoms with Crippen molar-refractivity contribution in [2.75, 3.05) is 48.8 Å². The van der Waals surface area contributed by atoms with Gasteiger partial charge in [0.1, 0.15) is 17.4 Å². The number of carbonyl (C=O) groups is 1. The molecule has 5 rings (SSSR count). The van der Waals surface area contributed by atoms with Crippen molar-refractivity contribution in [3.05, 3.63) is 71.7 Å². The number of carbonyl (C=O) groups excluding carboxylic acids is 1. The van der Waals surface area contributed by atoms with E-state index in [1.165, 1.54) is 18.5 Å². The number of amides is 1. The summed E-state index contributed by atoms with van der Waals surface area (Å²) in [6.07, 6.45) is -1.45. The van der Waals surface area contributed by atoms with E-state index in [-0.39, 0.29) is 5.56 Å². The van der Waals surface area contributed by atoms with Crippen LogP contribution in [0.5, 0.6) is 0 Å². The maximum atomic E-state index is 13.1. The summed E-state index contributed by atoms with van der Waals surface area (Å²) in [6, 6.07) is 9.46. The molecule has 1 aliphatic heterocycles. The highest BCUT2D eigenvalue weighted by atomic mass is 19.4. The molecule has 12 heteroatoms. The molecule has 0 radical (unpaired) electrons. The van der Waals surface area contributed by atoms with Crippen LogP contribution in [0.2, 0.25) is 0 Å². The Morgan fingerprint density at radius 2 is 1.79 bits per heavy atom. The van der Waals surface area contributed by atoms with Crippen molar-refractivity contribution in [2.45, 2.75) is 13.1 Å². The molecule has 1 amide bonds. The van der Waals surface area contributed by atoms with Gasteiger partial charge in [-0.05, 0) is 49.9 Å². The van der Waals surface area contributed by atoms with Crippen LogP contribution in [0.1, 0.15) is 21.5 Å². The molecule has 2 aromatic carbocycles. The van der Waals surface area contributed by atoms with Crippen molar-refractivity contribution in [2.24, 2.45) is 0 Å². The van der Waals surface area contributed by atoms with Crippen LogP contribution in [-0.2, 0) is 6.18 Å². The molecule has 1 fully saturated rings. The second kappa shape index (κ2) is 10.2. The molecule has 0 spiro atoms. The molecule has 4 aromatic rings. The molecule has 1 saturated heterocycles. The van der Waals surface area contributed by atoms with Gasteiger partial charge in [0.05, 0.1) is 11.8 Å². The molecular weight excluding hydrogens is 497 g/mol. The number of nitrogens with zero attached hydrogens (tertiary/aromatic N) is 6. The van der Waals surface area contributed by atoms with Crippen molar-refractivity contribution in [3.63, 3.8) is 0 Å². The number of nitrogens with one attached hydrogen (secondary N) is 2. The number of fused-ring (bicyclic) bond motifs is 1. The minimum Gasteiger partial charge on any atom is -0.338 e. The minimum absolute atomic E-state index is 0.0927. The molecule has 0 aliphatic carbocycles. The molecule has 0 atom stereocenters. The zero-order chi connectivity index (χ0) is 26.9. The lowest BCUT2D eigenvalue weighted by Crippen LogP contribution is -2.45. The smallest absolute Gasteiger partial charge is 0.338 e. The number of rotatable bonds is 5. The van der Waals surface area contributed by atoms with Gasteiger partial charge in [-0.1, -0.05) is 12.1 Å². The Labute approximate surface area is 216 Å². The van der Waals surface area contributed by atoms with E-state index in [2.05, 4.69) is 42.4 Å². The minimum atomic E-state index is -4.54. The fourth-order valence-corrected chi connectivity index (χ4v) is 4.10. The van der Waals surface area contributed by atoms with Gasteiger partial charge in [-0.15, -0.1) is 0 Å². The standard InChI is InChI=1S/C26H25F3N8O/c1-16-6-7-19(33-24(38)17-4-3-5-18(12-17)26(27,28)29)13-20(16)34-23-22-21(31-15-32-23)14-30-25(35-22)37-10-8-36(2)9-11-37/h3-7,12-15H,8-11H2,1-2H3,(H,33,38)(H,31,32,34). The Bertz CT molecular complexity index is 1490. The molecule has 0 saturated carbocycles. The molecule has 196 valence electrons. The van der Waals surface area contributed by atoms with Gasteiger partial charge in [-0.25, -0.2) is 19.9 Å². The number of benzene rings is 2. The van der Waals surface area contributed by atoms with Crippen LogP contribution >= 0.6 is 0 Å².